The summed E-state index contributed by atoms with van der Waals surface area (Å²) < 4.78 is 16.0. The van der Waals surface area contributed by atoms with Gasteiger partial charge in [0.25, 0.3) is 0 Å². The van der Waals surface area contributed by atoms with Crippen LogP contribution >= 0.6 is 7.82 Å². The van der Waals surface area contributed by atoms with E-state index >= 15 is 0 Å². The van der Waals surface area contributed by atoms with Crippen molar-refractivity contribution in [2.45, 2.75) is 132 Å². The van der Waals surface area contributed by atoms with Gasteiger partial charge in [-0.25, -0.2) is 9.36 Å². The maximum Gasteiger partial charge on any atom is 0.469 e. The molecule has 38 nitrogen and oxygen atoms in total. The standard InChI is InChI=1S/C40H58N11O27P/c1-15(43-33(66)16-2-6-25(53)44-16)32(65)42-13-26(54)45-17(3-7-27(55)56)34(67)48-21(12-31(63)64)38(71)51-23(14-78-79(75,76)77)39(72)49-20(11-30(61)62)37(70)47-18(4-8-28(57)58)35(68)46-19(5-9-29(59)60)36(69)50-22(40(73)74)10-24(41)52/h15-23H,2-14H2,1H3,(H2,41,52)(H,42,65)(H,43,66)(H,44,53)(H,45,54)(H,46,68)(H,47,70)(H,48,67)(H,49,72)(H,50,69)(H,51,71)(H,55,56)(H,57,58)(H,59,60)(H,61,62)(H,63,64)(H,73,74)(H2,75,76,77)/t15-,16-,17-,18-,19-,20-,21-,22-,23-/m0/s1. The first-order chi connectivity index (χ1) is 36.6. The van der Waals surface area contributed by atoms with E-state index < -0.39 is 234 Å². The van der Waals surface area contributed by atoms with Crippen LogP contribution < -0.4 is 58.9 Å². The number of aliphatic carboxylic acids is 6. The first-order valence-corrected chi connectivity index (χ1v) is 24.4. The number of phosphoric acid groups is 1. The van der Waals surface area contributed by atoms with Crippen molar-refractivity contribution < 1.29 is 131 Å². The highest BCUT2D eigenvalue weighted by Gasteiger charge is 2.37. The van der Waals surface area contributed by atoms with Crippen molar-refractivity contribution >= 4 is 109 Å². The third kappa shape index (κ3) is 27.6. The van der Waals surface area contributed by atoms with E-state index in [1.54, 1.807) is 10.6 Å². The minimum absolute atomic E-state index is 0.0540. The third-order valence-corrected chi connectivity index (χ3v) is 10.9. The number of carbonyl (C=O) groups is 17. The van der Waals surface area contributed by atoms with Crippen molar-refractivity contribution in [2.75, 3.05) is 13.2 Å². The summed E-state index contributed by atoms with van der Waals surface area (Å²) in [6, 6.07) is -17.7. The van der Waals surface area contributed by atoms with Crippen LogP contribution in [0.25, 0.3) is 0 Å². The average Bonchev–Trinajstić information content (AvgIpc) is 3.77. The van der Waals surface area contributed by atoms with Crippen molar-refractivity contribution in [3.8, 4) is 0 Å². The molecule has 9 atom stereocenters. The van der Waals surface area contributed by atoms with Crippen LogP contribution in [-0.2, 0) is 90.6 Å². The third-order valence-electron chi connectivity index (χ3n) is 10.4. The largest absolute Gasteiger partial charge is 0.481 e. The van der Waals surface area contributed by atoms with Gasteiger partial charge in [-0.1, -0.05) is 0 Å². The lowest BCUT2D eigenvalue weighted by atomic mass is 10.1. The molecule has 1 saturated heterocycles. The summed E-state index contributed by atoms with van der Waals surface area (Å²) in [5, 5.41) is 76.3. The summed E-state index contributed by atoms with van der Waals surface area (Å²) in [4.78, 5) is 230. The minimum Gasteiger partial charge on any atom is -0.481 e. The molecule has 0 unspecified atom stereocenters. The number of primary amides is 1. The van der Waals surface area contributed by atoms with Crippen LogP contribution in [0.3, 0.4) is 0 Å². The van der Waals surface area contributed by atoms with Crippen molar-refractivity contribution in [2.24, 2.45) is 5.73 Å². The van der Waals surface area contributed by atoms with Gasteiger partial charge in [0.2, 0.25) is 65.0 Å². The van der Waals surface area contributed by atoms with Crippen LogP contribution in [0.5, 0.6) is 0 Å². The molecule has 0 radical (unpaired) electrons. The van der Waals surface area contributed by atoms with Crippen LogP contribution in [0.15, 0.2) is 0 Å². The Morgan fingerprint density at radius 3 is 1.29 bits per heavy atom. The molecule has 20 N–H and O–H groups in total. The average molecular weight is 1160 g/mol. The van der Waals surface area contributed by atoms with E-state index in [9.17, 15) is 126 Å². The molecular weight excluding hydrogens is 1100 g/mol. The summed E-state index contributed by atoms with van der Waals surface area (Å²) >= 11 is 0. The summed E-state index contributed by atoms with van der Waals surface area (Å²) in [5.74, 6) is -24.5. The fraction of sp³-hybridized carbons (Fsp3) is 0.575. The van der Waals surface area contributed by atoms with Gasteiger partial charge in [0.15, 0.2) is 0 Å². The molecule has 1 heterocycles. The normalized spacial score (nSPS) is 15.8. The zero-order chi connectivity index (χ0) is 60.5. The van der Waals surface area contributed by atoms with E-state index in [0.29, 0.717) is 0 Å². The molecule has 1 rings (SSSR count). The summed E-state index contributed by atoms with van der Waals surface area (Å²) in [7, 11) is -5.63. The zero-order valence-corrected chi connectivity index (χ0v) is 42.1. The maximum absolute atomic E-state index is 13.7. The van der Waals surface area contributed by atoms with Gasteiger partial charge >= 0.3 is 43.6 Å². The van der Waals surface area contributed by atoms with Gasteiger partial charge in [0, 0.05) is 25.7 Å². The Morgan fingerprint density at radius 1 is 0.544 bits per heavy atom. The van der Waals surface area contributed by atoms with Crippen molar-refractivity contribution in [3.05, 3.63) is 0 Å². The highest BCUT2D eigenvalue weighted by molar-refractivity contribution is 7.46. The number of nitrogens with one attached hydrogen (secondary N) is 10. The molecule has 0 aromatic carbocycles. The Morgan fingerprint density at radius 2 is 0.924 bits per heavy atom. The highest BCUT2D eigenvalue weighted by Crippen LogP contribution is 2.35. The number of hydrogen-bond acceptors (Lipinski definition) is 19. The molecule has 0 bridgehead atoms. The fourth-order valence-electron chi connectivity index (χ4n) is 6.52. The van der Waals surface area contributed by atoms with E-state index in [-0.39, 0.29) is 12.8 Å². The topological polar surface area (TPSA) is 625 Å². The van der Waals surface area contributed by atoms with Crippen molar-refractivity contribution in [1.29, 1.82) is 0 Å². The predicted molar refractivity (Wildman–Crippen MR) is 250 cm³/mol. The smallest absolute Gasteiger partial charge is 0.469 e. The highest BCUT2D eigenvalue weighted by atomic mass is 31.2. The molecule has 0 aliphatic carbocycles. The number of phosphoric ester groups is 1. The Hall–Kier alpha value is -8.90. The molecule has 39 heteroatoms. The number of amides is 11. The van der Waals surface area contributed by atoms with Crippen LogP contribution in [0.1, 0.15) is 77.6 Å². The summed E-state index contributed by atoms with van der Waals surface area (Å²) in [6.45, 7) is -1.33. The van der Waals surface area contributed by atoms with Gasteiger partial charge in [-0.15, -0.1) is 0 Å². The van der Waals surface area contributed by atoms with Crippen LogP contribution in [0.2, 0.25) is 0 Å². The molecule has 1 fully saturated rings. The number of nitrogens with two attached hydrogens (primary N) is 1. The van der Waals surface area contributed by atoms with Crippen LogP contribution in [-0.4, -0.2) is 209 Å². The lowest BCUT2D eigenvalue weighted by molar-refractivity contribution is -0.144. The Bertz CT molecular complexity index is 2430. The molecular formula is C40H58N11O27P. The van der Waals surface area contributed by atoms with E-state index in [4.69, 9.17) is 5.73 Å². The Kier molecular flexibility index (Phi) is 28.1. The molecule has 0 spiro atoms. The van der Waals surface area contributed by atoms with Gasteiger partial charge in [0.05, 0.1) is 32.4 Å². The van der Waals surface area contributed by atoms with Crippen LogP contribution in [0, 0.1) is 0 Å². The molecule has 0 aromatic heterocycles. The molecule has 0 saturated carbocycles. The van der Waals surface area contributed by atoms with E-state index in [1.807, 2.05) is 26.6 Å². The molecule has 440 valence electrons. The molecule has 1 aliphatic heterocycles. The molecule has 0 aromatic rings. The van der Waals surface area contributed by atoms with Gasteiger partial charge < -0.3 is 99.3 Å². The van der Waals surface area contributed by atoms with E-state index in [2.05, 4.69) is 20.5 Å². The SMILES string of the molecule is C[C@H](NC(=O)[C@@H]1CCC(=O)N1)C(=O)NCC(=O)N[C@@H](CCC(=O)O)C(=O)N[C@@H](CC(=O)O)C(=O)N[C@@H](COP(=O)(O)O)C(=O)N[C@@H](CC(=O)O)C(=O)N[C@@H](CCC(=O)O)C(=O)N[C@@H](CCC(=O)O)C(=O)N[C@@H](CC(N)=O)C(=O)O. The van der Waals surface area contributed by atoms with E-state index in [0.717, 1.165) is 0 Å². The van der Waals surface area contributed by atoms with E-state index in [1.165, 1.54) is 6.92 Å². The maximum atomic E-state index is 13.7. The molecule has 11 amide bonds. The quantitative estimate of drug-likeness (QED) is 0.0257. The van der Waals surface area contributed by atoms with Gasteiger partial charge in [-0.2, -0.15) is 0 Å². The lowest BCUT2D eigenvalue weighted by Crippen LogP contribution is -2.61. The van der Waals surface area contributed by atoms with Gasteiger partial charge in [0.1, 0.15) is 54.4 Å². The number of carboxylic acids is 6. The first kappa shape index (κ1) is 68.1. The lowest BCUT2D eigenvalue weighted by Gasteiger charge is -2.27. The Labute approximate surface area is 443 Å². The summed E-state index contributed by atoms with van der Waals surface area (Å²) in [6.07, 6.45) is -8.95. The number of hydrogen-bond donors (Lipinski definition) is 19. The second-order valence-corrected chi connectivity index (χ2v) is 18.1. The van der Waals surface area contributed by atoms with Gasteiger partial charge in [-0.05, 0) is 32.6 Å². The van der Waals surface area contributed by atoms with Gasteiger partial charge in [-0.3, -0.25) is 81.2 Å². The fourth-order valence-corrected chi connectivity index (χ4v) is 6.87. The second-order valence-electron chi connectivity index (χ2n) is 16.9. The van der Waals surface area contributed by atoms with Crippen molar-refractivity contribution in [1.82, 2.24) is 53.2 Å². The second kappa shape index (κ2) is 32.6. The van der Waals surface area contributed by atoms with Crippen molar-refractivity contribution in [3.63, 3.8) is 0 Å². The monoisotopic (exact) mass is 1160 g/mol. The Balaban J connectivity index is 3.47. The zero-order valence-electron chi connectivity index (χ0n) is 41.2. The summed E-state index contributed by atoms with van der Waals surface area (Å²) in [5.41, 5.74) is 4.99. The predicted octanol–water partition coefficient (Wildman–Crippen LogP) is -9.11. The molecule has 1 aliphatic rings. The number of rotatable bonds is 37. The minimum atomic E-state index is -5.63. The molecule has 79 heavy (non-hydrogen) atoms. The number of carbonyl (C=O) groups excluding carboxylic acids is 11. The first-order valence-electron chi connectivity index (χ1n) is 22.9. The number of carboxylic acid groups (broad SMARTS) is 6. The van der Waals surface area contributed by atoms with Crippen LogP contribution in [0.4, 0.5) is 0 Å².